The van der Waals surface area contributed by atoms with E-state index >= 15 is 0 Å². The normalized spacial score (nSPS) is 13.2. The van der Waals surface area contributed by atoms with E-state index in [1.807, 2.05) is 74.8 Å². The zero-order valence-electron chi connectivity index (χ0n) is 22.1. The van der Waals surface area contributed by atoms with Crippen LogP contribution >= 0.6 is 0 Å². The van der Waals surface area contributed by atoms with Gasteiger partial charge in [0.25, 0.3) is 0 Å². The van der Waals surface area contributed by atoms with Crippen molar-refractivity contribution in [2.24, 2.45) is 0 Å². The highest BCUT2D eigenvalue weighted by molar-refractivity contribution is 5.76. The molecule has 0 radical (unpaired) electrons. The topological polar surface area (TPSA) is 45.2 Å². The molecule has 0 bridgehead atoms. The summed E-state index contributed by atoms with van der Waals surface area (Å²) in [5, 5.41) is 11.6. The first kappa shape index (κ1) is 26.3. The predicted octanol–water partition coefficient (Wildman–Crippen LogP) is 7.61. The van der Waals surface area contributed by atoms with Crippen molar-refractivity contribution < 1.29 is 14.6 Å². The van der Waals surface area contributed by atoms with Crippen molar-refractivity contribution in [3.63, 3.8) is 0 Å². The van der Waals surface area contributed by atoms with Crippen molar-refractivity contribution in [3.05, 3.63) is 125 Å². The highest BCUT2D eigenvalue weighted by Crippen LogP contribution is 2.40. The Morgan fingerprint density at radius 3 is 1.73 bits per heavy atom. The fourth-order valence-corrected chi connectivity index (χ4v) is 4.60. The Morgan fingerprint density at radius 1 is 0.730 bits per heavy atom. The van der Waals surface area contributed by atoms with Crippen LogP contribution in [0.4, 0.5) is 11.4 Å². The number of rotatable bonds is 10. The smallest absolute Gasteiger partial charge is 0.164 e. The van der Waals surface area contributed by atoms with Crippen LogP contribution in [0.5, 0.6) is 0 Å². The molecule has 192 valence electrons. The number of benzene rings is 3. The molecule has 0 unspecified atom stereocenters. The molecule has 0 fully saturated rings. The summed E-state index contributed by atoms with van der Waals surface area (Å²) in [5.74, 6) is 0.816. The lowest BCUT2D eigenvalue weighted by atomic mass is 10.1. The average molecular weight is 497 g/mol. The number of anilines is 2. The van der Waals surface area contributed by atoms with Crippen molar-refractivity contribution in [2.75, 3.05) is 23.0 Å². The van der Waals surface area contributed by atoms with E-state index in [2.05, 4.69) is 47.9 Å². The van der Waals surface area contributed by atoms with Gasteiger partial charge in [-0.1, -0.05) is 72.8 Å². The molecule has 0 amide bonds. The molecule has 1 aliphatic heterocycles. The number of hydrogen-bond donors (Lipinski definition) is 1. The summed E-state index contributed by atoms with van der Waals surface area (Å²) < 4.78 is 11.6. The van der Waals surface area contributed by atoms with Crippen molar-refractivity contribution in [2.45, 2.75) is 40.9 Å². The minimum atomic E-state index is 0.157. The van der Waals surface area contributed by atoms with E-state index in [4.69, 9.17) is 9.47 Å². The lowest BCUT2D eigenvalue weighted by molar-refractivity contribution is 0.134. The molecule has 1 aliphatic rings. The zero-order valence-corrected chi connectivity index (χ0v) is 22.1. The van der Waals surface area contributed by atoms with Crippen molar-refractivity contribution in [1.82, 2.24) is 0 Å². The molecule has 5 nitrogen and oxygen atoms in total. The number of hydrogen-bond acceptors (Lipinski definition) is 5. The minimum Gasteiger partial charge on any atom is -0.504 e. The van der Waals surface area contributed by atoms with Gasteiger partial charge in [0.05, 0.1) is 24.6 Å². The summed E-state index contributed by atoms with van der Waals surface area (Å²) in [5.41, 5.74) is 7.34. The van der Waals surface area contributed by atoms with Gasteiger partial charge in [0.1, 0.15) is 0 Å². The summed E-state index contributed by atoms with van der Waals surface area (Å²) in [6.07, 6.45) is 7.71. The second-order valence-electron chi connectivity index (χ2n) is 8.93. The van der Waals surface area contributed by atoms with E-state index in [9.17, 15) is 5.11 Å². The SMILES string of the molecule is CCOCc1cccc(C)c1N1C=CN(c2c(C)cccc2COCC)C1=C(O)/C=C/c1ccccc1. The molecule has 0 atom stereocenters. The molecule has 3 aromatic carbocycles. The molecule has 1 heterocycles. The maximum Gasteiger partial charge on any atom is 0.164 e. The van der Waals surface area contributed by atoms with Crippen LogP contribution in [0.3, 0.4) is 0 Å². The third-order valence-corrected chi connectivity index (χ3v) is 6.33. The summed E-state index contributed by atoms with van der Waals surface area (Å²) in [7, 11) is 0. The van der Waals surface area contributed by atoms with Gasteiger partial charge in [0.2, 0.25) is 0 Å². The second-order valence-corrected chi connectivity index (χ2v) is 8.93. The van der Waals surface area contributed by atoms with Gasteiger partial charge in [-0.15, -0.1) is 0 Å². The highest BCUT2D eigenvalue weighted by atomic mass is 16.5. The Balaban J connectivity index is 1.86. The molecule has 5 heteroatoms. The molecule has 37 heavy (non-hydrogen) atoms. The van der Waals surface area contributed by atoms with Gasteiger partial charge in [-0.05, 0) is 50.5 Å². The summed E-state index contributed by atoms with van der Waals surface area (Å²) in [4.78, 5) is 4.12. The van der Waals surface area contributed by atoms with Gasteiger partial charge >= 0.3 is 0 Å². The molecule has 0 aromatic heterocycles. The van der Waals surface area contributed by atoms with Gasteiger partial charge in [0.15, 0.2) is 11.6 Å². The van der Waals surface area contributed by atoms with Gasteiger partial charge in [0, 0.05) is 36.7 Å². The highest BCUT2D eigenvalue weighted by Gasteiger charge is 2.30. The monoisotopic (exact) mass is 496 g/mol. The van der Waals surface area contributed by atoms with Crippen molar-refractivity contribution in [1.29, 1.82) is 0 Å². The predicted molar refractivity (Wildman–Crippen MR) is 152 cm³/mol. The number of aryl methyl sites for hydroxylation is 2. The summed E-state index contributed by atoms with van der Waals surface area (Å²) in [6.45, 7) is 10.4. The van der Waals surface area contributed by atoms with E-state index in [0.717, 1.165) is 39.2 Å². The molecule has 0 spiro atoms. The first-order chi connectivity index (χ1) is 18.0. The van der Waals surface area contributed by atoms with Gasteiger partial charge in [-0.3, -0.25) is 9.80 Å². The Bertz CT molecular complexity index is 1230. The molecule has 0 saturated heterocycles. The van der Waals surface area contributed by atoms with Crippen molar-refractivity contribution >= 4 is 17.5 Å². The lowest BCUT2D eigenvalue weighted by Crippen LogP contribution is -2.27. The Kier molecular flexibility index (Phi) is 8.83. The third kappa shape index (κ3) is 5.96. The standard InChI is InChI=1S/C32H36N2O3/c1-5-36-22-27-16-10-12-24(3)30(27)33-20-21-34(31-25(4)13-11-17-28(31)23-37-6-2)32(33)29(35)19-18-26-14-8-7-9-15-26/h7-21,35H,5-6,22-23H2,1-4H3/b19-18+. The maximum absolute atomic E-state index is 11.6. The van der Waals surface area contributed by atoms with Gasteiger partial charge in [-0.2, -0.15) is 0 Å². The average Bonchev–Trinajstić information content (AvgIpc) is 3.34. The first-order valence-corrected chi connectivity index (χ1v) is 12.8. The second kappa shape index (κ2) is 12.4. The molecule has 3 aromatic rings. The van der Waals surface area contributed by atoms with Crippen LogP contribution in [0.15, 0.2) is 96.8 Å². The van der Waals surface area contributed by atoms with Gasteiger partial charge < -0.3 is 14.6 Å². The fourth-order valence-electron chi connectivity index (χ4n) is 4.60. The maximum atomic E-state index is 11.6. The molecular weight excluding hydrogens is 460 g/mol. The fraction of sp³-hybridized carbons (Fsp3) is 0.250. The van der Waals surface area contributed by atoms with E-state index in [0.29, 0.717) is 32.2 Å². The van der Waals surface area contributed by atoms with Crippen LogP contribution in [-0.2, 0) is 22.7 Å². The number of aliphatic hydroxyl groups excluding tert-OH is 1. The number of ether oxygens (including phenoxy) is 2. The number of para-hydroxylation sites is 2. The van der Waals surface area contributed by atoms with Gasteiger partial charge in [-0.25, -0.2) is 0 Å². The van der Waals surface area contributed by atoms with Crippen LogP contribution in [0.2, 0.25) is 0 Å². The molecule has 0 saturated carbocycles. The molecule has 0 aliphatic carbocycles. The summed E-state index contributed by atoms with van der Waals surface area (Å²) in [6, 6.07) is 22.4. The summed E-state index contributed by atoms with van der Waals surface area (Å²) >= 11 is 0. The van der Waals surface area contributed by atoms with E-state index < -0.39 is 0 Å². The van der Waals surface area contributed by atoms with E-state index in [-0.39, 0.29) is 5.76 Å². The number of aliphatic hydroxyl groups is 1. The Morgan fingerprint density at radius 2 is 1.24 bits per heavy atom. The van der Waals surface area contributed by atoms with Crippen LogP contribution in [0.1, 0.15) is 41.7 Å². The van der Waals surface area contributed by atoms with Crippen LogP contribution in [0, 0.1) is 13.8 Å². The number of allylic oxidation sites excluding steroid dienone is 1. The minimum absolute atomic E-state index is 0.157. The Labute approximate surface area is 220 Å². The largest absolute Gasteiger partial charge is 0.504 e. The molecule has 1 N–H and O–H groups in total. The van der Waals surface area contributed by atoms with Crippen LogP contribution < -0.4 is 9.80 Å². The number of nitrogens with zero attached hydrogens (tertiary/aromatic N) is 2. The molecular formula is C32H36N2O3. The quantitative estimate of drug-likeness (QED) is 0.293. The zero-order chi connectivity index (χ0) is 26.2. The first-order valence-electron chi connectivity index (χ1n) is 12.8. The van der Waals surface area contributed by atoms with E-state index in [1.165, 1.54) is 0 Å². The van der Waals surface area contributed by atoms with Crippen molar-refractivity contribution in [3.8, 4) is 0 Å². The Hall–Kier alpha value is -3.80. The van der Waals surface area contributed by atoms with Crippen LogP contribution in [0.25, 0.3) is 6.08 Å². The lowest BCUT2D eigenvalue weighted by Gasteiger charge is -2.30. The third-order valence-electron chi connectivity index (χ3n) is 6.33. The van der Waals surface area contributed by atoms with Crippen LogP contribution in [-0.4, -0.2) is 18.3 Å². The van der Waals surface area contributed by atoms with E-state index in [1.54, 1.807) is 6.08 Å². The molecule has 4 rings (SSSR count).